The third kappa shape index (κ3) is 3.30. The SMILES string of the molecule is CCn1cc(C(=O)N2Cc3ccccc3C(c3cnn(C)c3)C2)c(=O)c2ccc(C)nc21. The van der Waals surface area contributed by atoms with E-state index in [-0.39, 0.29) is 22.8 Å². The van der Waals surface area contributed by atoms with Gasteiger partial charge in [0.15, 0.2) is 0 Å². The molecule has 1 unspecified atom stereocenters. The van der Waals surface area contributed by atoms with E-state index in [0.717, 1.165) is 16.8 Å². The van der Waals surface area contributed by atoms with Gasteiger partial charge in [0.25, 0.3) is 5.91 Å². The van der Waals surface area contributed by atoms with Crippen LogP contribution >= 0.6 is 0 Å². The van der Waals surface area contributed by atoms with Gasteiger partial charge in [0.2, 0.25) is 5.43 Å². The third-order valence-electron chi connectivity index (χ3n) is 6.24. The first kappa shape index (κ1) is 20.2. The minimum absolute atomic E-state index is 0.00998. The zero-order valence-corrected chi connectivity index (χ0v) is 18.4. The molecule has 7 heteroatoms. The van der Waals surface area contributed by atoms with Crippen LogP contribution in [0.2, 0.25) is 0 Å². The van der Waals surface area contributed by atoms with Crippen LogP contribution in [0.15, 0.2) is 59.8 Å². The van der Waals surface area contributed by atoms with Crippen molar-refractivity contribution in [3.8, 4) is 0 Å². The molecule has 3 aromatic heterocycles. The number of aryl methyl sites for hydroxylation is 3. The van der Waals surface area contributed by atoms with E-state index in [2.05, 4.69) is 22.2 Å². The molecule has 0 N–H and O–H groups in total. The lowest BCUT2D eigenvalue weighted by atomic mass is 9.86. The summed E-state index contributed by atoms with van der Waals surface area (Å²) in [5, 5.41) is 4.80. The fourth-order valence-corrected chi connectivity index (χ4v) is 4.59. The number of carbonyl (C=O) groups excluding carboxylic acids is 1. The molecular weight excluding hydrogens is 402 g/mol. The number of hydrogen-bond donors (Lipinski definition) is 0. The van der Waals surface area contributed by atoms with E-state index in [1.54, 1.807) is 21.8 Å². The molecule has 162 valence electrons. The van der Waals surface area contributed by atoms with Crippen LogP contribution in [0.1, 0.15) is 45.6 Å². The van der Waals surface area contributed by atoms with Crippen LogP contribution in [0.3, 0.4) is 0 Å². The molecule has 0 radical (unpaired) electrons. The number of hydrogen-bond acceptors (Lipinski definition) is 4. The molecule has 4 aromatic rings. The minimum atomic E-state index is -0.265. The molecule has 1 atom stereocenters. The predicted octanol–water partition coefficient (Wildman–Crippen LogP) is 3.25. The Morgan fingerprint density at radius 3 is 2.72 bits per heavy atom. The molecule has 0 bridgehead atoms. The average molecular weight is 428 g/mol. The molecule has 7 nitrogen and oxygen atoms in total. The Hall–Kier alpha value is -3.74. The largest absolute Gasteiger partial charge is 0.333 e. The summed E-state index contributed by atoms with van der Waals surface area (Å²) in [6.07, 6.45) is 5.51. The second-order valence-electron chi connectivity index (χ2n) is 8.37. The highest BCUT2D eigenvalue weighted by molar-refractivity contribution is 5.97. The van der Waals surface area contributed by atoms with Gasteiger partial charge in [0.05, 0.1) is 11.6 Å². The Kier molecular flexibility index (Phi) is 4.89. The second-order valence-corrected chi connectivity index (χ2v) is 8.37. The third-order valence-corrected chi connectivity index (χ3v) is 6.24. The number of amides is 1. The number of fused-ring (bicyclic) bond motifs is 2. The number of aromatic nitrogens is 4. The number of rotatable bonds is 3. The minimum Gasteiger partial charge on any atom is -0.333 e. The lowest BCUT2D eigenvalue weighted by Crippen LogP contribution is -2.40. The van der Waals surface area contributed by atoms with Crippen molar-refractivity contribution in [3.05, 3.63) is 93.2 Å². The Balaban J connectivity index is 1.59. The molecule has 1 aliphatic rings. The summed E-state index contributed by atoms with van der Waals surface area (Å²) in [7, 11) is 1.89. The molecule has 0 aliphatic carbocycles. The van der Waals surface area contributed by atoms with Gasteiger partial charge < -0.3 is 9.47 Å². The number of pyridine rings is 2. The average Bonchev–Trinajstić information content (AvgIpc) is 3.24. The Morgan fingerprint density at radius 2 is 1.97 bits per heavy atom. The Bertz CT molecular complexity index is 1400. The van der Waals surface area contributed by atoms with Gasteiger partial charge in [0.1, 0.15) is 11.2 Å². The molecule has 5 rings (SSSR count). The topological polar surface area (TPSA) is 73.0 Å². The van der Waals surface area contributed by atoms with E-state index < -0.39 is 0 Å². The molecular formula is C25H25N5O2. The van der Waals surface area contributed by atoms with Crippen LogP contribution in [0.5, 0.6) is 0 Å². The molecule has 4 heterocycles. The maximum absolute atomic E-state index is 13.7. The van der Waals surface area contributed by atoms with E-state index in [4.69, 9.17) is 0 Å². The summed E-state index contributed by atoms with van der Waals surface area (Å²) in [6, 6.07) is 11.8. The highest BCUT2D eigenvalue weighted by Gasteiger charge is 2.31. The van der Waals surface area contributed by atoms with Crippen molar-refractivity contribution >= 4 is 16.9 Å². The van der Waals surface area contributed by atoms with Crippen LogP contribution < -0.4 is 5.43 Å². The van der Waals surface area contributed by atoms with Crippen molar-refractivity contribution in [2.45, 2.75) is 32.9 Å². The van der Waals surface area contributed by atoms with Crippen molar-refractivity contribution in [2.24, 2.45) is 7.05 Å². The van der Waals surface area contributed by atoms with Crippen LogP contribution in [0.4, 0.5) is 0 Å². The molecule has 0 saturated heterocycles. The summed E-state index contributed by atoms with van der Waals surface area (Å²) in [4.78, 5) is 33.3. The molecule has 1 amide bonds. The predicted molar refractivity (Wildman–Crippen MR) is 123 cm³/mol. The summed E-state index contributed by atoms with van der Waals surface area (Å²) < 4.78 is 3.66. The fourth-order valence-electron chi connectivity index (χ4n) is 4.59. The summed E-state index contributed by atoms with van der Waals surface area (Å²) >= 11 is 0. The quantitative estimate of drug-likeness (QED) is 0.503. The Labute approximate surface area is 185 Å². The molecule has 1 aromatic carbocycles. The summed E-state index contributed by atoms with van der Waals surface area (Å²) in [6.45, 7) is 5.47. The number of carbonyl (C=O) groups is 1. The Morgan fingerprint density at radius 1 is 1.16 bits per heavy atom. The lowest BCUT2D eigenvalue weighted by Gasteiger charge is -2.34. The van der Waals surface area contributed by atoms with E-state index >= 15 is 0 Å². The maximum atomic E-state index is 13.7. The molecule has 1 aliphatic heterocycles. The van der Waals surface area contributed by atoms with E-state index in [1.807, 2.05) is 56.1 Å². The van der Waals surface area contributed by atoms with Crippen LogP contribution in [-0.4, -0.2) is 36.7 Å². The van der Waals surface area contributed by atoms with Gasteiger partial charge in [0, 0.05) is 50.7 Å². The second kappa shape index (κ2) is 7.75. The number of benzene rings is 1. The van der Waals surface area contributed by atoms with Gasteiger partial charge >= 0.3 is 0 Å². The standard InChI is InChI=1S/C25H25N5O2/c1-4-29-15-22(23(31)20-10-9-16(2)27-24(20)29)25(32)30-13-17-7-5-6-8-19(17)21(14-30)18-11-26-28(3)12-18/h5-12,15,21H,4,13-14H2,1-3H3. The molecule has 0 fully saturated rings. The number of nitrogens with zero attached hydrogens (tertiary/aromatic N) is 5. The van der Waals surface area contributed by atoms with Crippen LogP contribution in [-0.2, 0) is 20.1 Å². The van der Waals surface area contributed by atoms with E-state index in [1.165, 1.54) is 5.56 Å². The van der Waals surface area contributed by atoms with Gasteiger partial charge in [-0.25, -0.2) is 4.98 Å². The fraction of sp³-hybridized carbons (Fsp3) is 0.280. The normalized spacial score (nSPS) is 15.7. The smallest absolute Gasteiger partial charge is 0.259 e. The first-order valence-corrected chi connectivity index (χ1v) is 10.8. The van der Waals surface area contributed by atoms with Crippen molar-refractivity contribution in [1.29, 1.82) is 0 Å². The van der Waals surface area contributed by atoms with Crippen molar-refractivity contribution < 1.29 is 4.79 Å². The van der Waals surface area contributed by atoms with Crippen molar-refractivity contribution in [3.63, 3.8) is 0 Å². The van der Waals surface area contributed by atoms with E-state index in [9.17, 15) is 9.59 Å². The van der Waals surface area contributed by atoms with Crippen molar-refractivity contribution in [1.82, 2.24) is 24.2 Å². The maximum Gasteiger partial charge on any atom is 0.259 e. The molecule has 32 heavy (non-hydrogen) atoms. The van der Waals surface area contributed by atoms with Gasteiger partial charge in [-0.2, -0.15) is 5.10 Å². The van der Waals surface area contributed by atoms with Crippen LogP contribution in [0, 0.1) is 6.92 Å². The summed E-state index contributed by atoms with van der Waals surface area (Å²) in [5.74, 6) is -0.237. The summed E-state index contributed by atoms with van der Waals surface area (Å²) in [5.41, 5.74) is 4.73. The zero-order chi connectivity index (χ0) is 22.4. The molecule has 0 saturated carbocycles. The molecule has 0 spiro atoms. The van der Waals surface area contributed by atoms with Crippen molar-refractivity contribution in [2.75, 3.05) is 6.54 Å². The van der Waals surface area contributed by atoms with Gasteiger partial charge in [-0.15, -0.1) is 0 Å². The zero-order valence-electron chi connectivity index (χ0n) is 18.4. The van der Waals surface area contributed by atoms with Gasteiger partial charge in [-0.3, -0.25) is 14.3 Å². The first-order chi connectivity index (χ1) is 15.5. The van der Waals surface area contributed by atoms with Gasteiger partial charge in [-0.05, 0) is 42.7 Å². The van der Waals surface area contributed by atoms with Crippen LogP contribution in [0.25, 0.3) is 11.0 Å². The lowest BCUT2D eigenvalue weighted by molar-refractivity contribution is 0.0723. The van der Waals surface area contributed by atoms with E-state index in [0.29, 0.717) is 30.7 Å². The highest BCUT2D eigenvalue weighted by Crippen LogP contribution is 2.33. The van der Waals surface area contributed by atoms with Gasteiger partial charge in [-0.1, -0.05) is 24.3 Å². The highest BCUT2D eigenvalue weighted by atomic mass is 16.2. The monoisotopic (exact) mass is 427 g/mol. The first-order valence-electron chi connectivity index (χ1n) is 10.8.